The van der Waals surface area contributed by atoms with Gasteiger partial charge in [-0.25, -0.2) is 9.97 Å². The van der Waals surface area contributed by atoms with Gasteiger partial charge >= 0.3 is 0 Å². The third-order valence-electron chi connectivity index (χ3n) is 3.23. The molecule has 94 valence electrons. The van der Waals surface area contributed by atoms with Crippen LogP contribution in [0.3, 0.4) is 0 Å². The van der Waals surface area contributed by atoms with Gasteiger partial charge in [0.1, 0.15) is 11.6 Å². The third-order valence-corrected chi connectivity index (χ3v) is 3.78. The molecule has 4 nitrogen and oxygen atoms in total. The molecular weight excluding hydrogens is 232 g/mol. The molecule has 1 saturated heterocycles. The number of thioether (sulfide) groups is 1. The molecule has 0 amide bonds. The molecule has 17 heavy (non-hydrogen) atoms. The number of anilines is 2. The van der Waals surface area contributed by atoms with E-state index in [0.717, 1.165) is 23.3 Å². The number of hydrogen-bond donors (Lipinski definition) is 1. The molecule has 1 atom stereocenters. The summed E-state index contributed by atoms with van der Waals surface area (Å²) in [5.41, 5.74) is 0. The van der Waals surface area contributed by atoms with E-state index in [1.54, 1.807) is 11.8 Å². The SMILES string of the molecule is CNc1cc(N2CCCCC2C)nc(SC)n1. The normalized spacial score (nSPS) is 20.4. The Bertz CT molecular complexity index is 361. The molecule has 0 aromatic carbocycles. The Morgan fingerprint density at radius 2 is 2.24 bits per heavy atom. The number of piperidine rings is 1. The fourth-order valence-corrected chi connectivity index (χ4v) is 2.59. The minimum Gasteiger partial charge on any atom is -0.373 e. The maximum atomic E-state index is 4.61. The largest absolute Gasteiger partial charge is 0.373 e. The van der Waals surface area contributed by atoms with Crippen molar-refractivity contribution in [3.8, 4) is 0 Å². The summed E-state index contributed by atoms with van der Waals surface area (Å²) in [4.78, 5) is 11.4. The molecule has 1 aliphatic heterocycles. The Morgan fingerprint density at radius 1 is 1.41 bits per heavy atom. The summed E-state index contributed by atoms with van der Waals surface area (Å²) in [6, 6.07) is 2.62. The molecule has 0 bridgehead atoms. The van der Waals surface area contributed by atoms with Gasteiger partial charge in [-0.1, -0.05) is 11.8 Å². The van der Waals surface area contributed by atoms with E-state index in [1.807, 2.05) is 19.4 Å². The zero-order valence-corrected chi connectivity index (χ0v) is 11.5. The topological polar surface area (TPSA) is 41.0 Å². The lowest BCUT2D eigenvalue weighted by molar-refractivity contribution is 0.480. The van der Waals surface area contributed by atoms with E-state index < -0.39 is 0 Å². The van der Waals surface area contributed by atoms with E-state index in [2.05, 4.69) is 27.1 Å². The van der Waals surface area contributed by atoms with Crippen LogP contribution in [0.25, 0.3) is 0 Å². The Hall–Kier alpha value is -0.970. The highest BCUT2D eigenvalue weighted by molar-refractivity contribution is 7.98. The second kappa shape index (κ2) is 5.58. The molecule has 0 spiro atoms. The molecule has 1 aromatic heterocycles. The van der Waals surface area contributed by atoms with E-state index in [-0.39, 0.29) is 0 Å². The molecule has 5 heteroatoms. The highest BCUT2D eigenvalue weighted by atomic mass is 32.2. The number of rotatable bonds is 3. The highest BCUT2D eigenvalue weighted by Gasteiger charge is 2.20. The second-order valence-electron chi connectivity index (χ2n) is 4.39. The maximum absolute atomic E-state index is 4.61. The highest BCUT2D eigenvalue weighted by Crippen LogP contribution is 2.26. The van der Waals surface area contributed by atoms with Crippen molar-refractivity contribution in [3.05, 3.63) is 6.07 Å². The average molecular weight is 252 g/mol. The average Bonchev–Trinajstić information content (AvgIpc) is 2.38. The van der Waals surface area contributed by atoms with Crippen molar-refractivity contribution in [2.24, 2.45) is 0 Å². The first-order valence-corrected chi connectivity index (χ1v) is 7.34. The number of aromatic nitrogens is 2. The van der Waals surface area contributed by atoms with Gasteiger partial charge in [0, 0.05) is 25.7 Å². The smallest absolute Gasteiger partial charge is 0.191 e. The van der Waals surface area contributed by atoms with Crippen molar-refractivity contribution in [1.29, 1.82) is 0 Å². The minimum atomic E-state index is 0.582. The van der Waals surface area contributed by atoms with E-state index in [4.69, 9.17) is 0 Å². The predicted molar refractivity (Wildman–Crippen MR) is 74.0 cm³/mol. The van der Waals surface area contributed by atoms with Gasteiger partial charge < -0.3 is 10.2 Å². The van der Waals surface area contributed by atoms with E-state index in [0.29, 0.717) is 6.04 Å². The van der Waals surface area contributed by atoms with Gasteiger partial charge in [-0.3, -0.25) is 0 Å². The summed E-state index contributed by atoms with van der Waals surface area (Å²) in [7, 11) is 1.90. The van der Waals surface area contributed by atoms with Gasteiger partial charge in [-0.2, -0.15) is 0 Å². The van der Waals surface area contributed by atoms with E-state index in [1.165, 1.54) is 19.3 Å². The first-order chi connectivity index (χ1) is 8.24. The fourth-order valence-electron chi connectivity index (χ4n) is 2.22. The van der Waals surface area contributed by atoms with Crippen molar-refractivity contribution >= 4 is 23.4 Å². The summed E-state index contributed by atoms with van der Waals surface area (Å²) in [5, 5.41) is 3.94. The molecule has 2 heterocycles. The summed E-state index contributed by atoms with van der Waals surface area (Å²) < 4.78 is 0. The van der Waals surface area contributed by atoms with Gasteiger partial charge in [0.25, 0.3) is 0 Å². The first kappa shape index (κ1) is 12.5. The molecule has 1 unspecified atom stereocenters. The number of nitrogens with one attached hydrogen (secondary N) is 1. The first-order valence-electron chi connectivity index (χ1n) is 6.12. The molecule has 1 aliphatic rings. The van der Waals surface area contributed by atoms with Crippen LogP contribution in [0.15, 0.2) is 11.2 Å². The molecule has 2 rings (SSSR count). The Kier molecular flexibility index (Phi) is 4.10. The van der Waals surface area contributed by atoms with Crippen molar-refractivity contribution in [2.75, 3.05) is 30.1 Å². The van der Waals surface area contributed by atoms with Crippen LogP contribution in [-0.4, -0.2) is 35.9 Å². The summed E-state index contributed by atoms with van der Waals surface area (Å²) >= 11 is 1.59. The summed E-state index contributed by atoms with van der Waals surface area (Å²) in [6.07, 6.45) is 5.86. The lowest BCUT2D eigenvalue weighted by atomic mass is 10.0. The molecule has 0 radical (unpaired) electrons. The van der Waals surface area contributed by atoms with Gasteiger partial charge in [-0.05, 0) is 32.4 Å². The van der Waals surface area contributed by atoms with Gasteiger partial charge in [0.2, 0.25) is 0 Å². The molecule has 1 fully saturated rings. The molecule has 1 aromatic rings. The summed E-state index contributed by atoms with van der Waals surface area (Å²) in [6.45, 7) is 3.38. The van der Waals surface area contributed by atoms with Crippen molar-refractivity contribution in [3.63, 3.8) is 0 Å². The van der Waals surface area contributed by atoms with Crippen LogP contribution >= 0.6 is 11.8 Å². The quantitative estimate of drug-likeness (QED) is 0.661. The van der Waals surface area contributed by atoms with Crippen LogP contribution in [0.4, 0.5) is 11.6 Å². The zero-order valence-electron chi connectivity index (χ0n) is 10.7. The number of hydrogen-bond acceptors (Lipinski definition) is 5. The van der Waals surface area contributed by atoms with Crippen molar-refractivity contribution < 1.29 is 0 Å². The van der Waals surface area contributed by atoms with Crippen LogP contribution in [0.1, 0.15) is 26.2 Å². The molecule has 0 aliphatic carbocycles. The van der Waals surface area contributed by atoms with Crippen LogP contribution in [0.5, 0.6) is 0 Å². The lowest BCUT2D eigenvalue weighted by Gasteiger charge is -2.34. The van der Waals surface area contributed by atoms with Gasteiger partial charge in [0.15, 0.2) is 5.16 Å². The Morgan fingerprint density at radius 3 is 2.88 bits per heavy atom. The van der Waals surface area contributed by atoms with Crippen molar-refractivity contribution in [2.45, 2.75) is 37.4 Å². The van der Waals surface area contributed by atoms with Crippen LogP contribution in [0, 0.1) is 0 Å². The van der Waals surface area contributed by atoms with Crippen LogP contribution in [-0.2, 0) is 0 Å². The molecular formula is C12H20N4S. The van der Waals surface area contributed by atoms with Crippen LogP contribution < -0.4 is 10.2 Å². The standard InChI is InChI=1S/C12H20N4S/c1-9-6-4-5-7-16(9)11-8-10(13-2)14-12(15-11)17-3/h8-9H,4-7H2,1-3H3,(H,13,14,15). The zero-order chi connectivity index (χ0) is 12.3. The monoisotopic (exact) mass is 252 g/mol. The predicted octanol–water partition coefficient (Wildman–Crippen LogP) is 2.62. The minimum absolute atomic E-state index is 0.582. The van der Waals surface area contributed by atoms with E-state index >= 15 is 0 Å². The second-order valence-corrected chi connectivity index (χ2v) is 5.16. The van der Waals surface area contributed by atoms with Gasteiger partial charge in [0.05, 0.1) is 0 Å². The number of nitrogens with zero attached hydrogens (tertiary/aromatic N) is 3. The van der Waals surface area contributed by atoms with Crippen molar-refractivity contribution in [1.82, 2.24) is 9.97 Å². The Labute approximate surface area is 107 Å². The van der Waals surface area contributed by atoms with Gasteiger partial charge in [-0.15, -0.1) is 0 Å². The third kappa shape index (κ3) is 2.83. The summed E-state index contributed by atoms with van der Waals surface area (Å²) in [5.74, 6) is 1.96. The Balaban J connectivity index is 2.29. The lowest BCUT2D eigenvalue weighted by Crippen LogP contribution is -2.38. The molecule has 0 saturated carbocycles. The van der Waals surface area contributed by atoms with Crippen LogP contribution in [0.2, 0.25) is 0 Å². The molecule has 1 N–H and O–H groups in total. The maximum Gasteiger partial charge on any atom is 0.191 e. The van der Waals surface area contributed by atoms with E-state index in [9.17, 15) is 0 Å². The fraction of sp³-hybridized carbons (Fsp3) is 0.667.